The first kappa shape index (κ1) is 11.5. The predicted molar refractivity (Wildman–Crippen MR) is 75.2 cm³/mol. The highest BCUT2D eigenvalue weighted by atomic mass is 79.9. The van der Waals surface area contributed by atoms with Crippen LogP contribution in [-0.2, 0) is 0 Å². The summed E-state index contributed by atoms with van der Waals surface area (Å²) in [7, 11) is 0. The summed E-state index contributed by atoms with van der Waals surface area (Å²) >= 11 is 3.57. The third-order valence-electron chi connectivity index (χ3n) is 4.27. The Hall–Kier alpha value is -0.540. The molecule has 2 heterocycles. The molecule has 2 aliphatic rings. The average molecular weight is 295 g/mol. The smallest absolute Gasteiger partial charge is 0.0382 e. The van der Waals surface area contributed by atoms with Gasteiger partial charge in [0.05, 0.1) is 0 Å². The normalized spacial score (nSPS) is 31.9. The molecular formula is C14H19BrN2. The molecule has 2 nitrogen and oxygen atoms in total. The lowest BCUT2D eigenvalue weighted by atomic mass is 9.90. The van der Waals surface area contributed by atoms with Crippen LogP contribution in [0.2, 0.25) is 0 Å². The van der Waals surface area contributed by atoms with Gasteiger partial charge in [-0.2, -0.15) is 0 Å². The van der Waals surface area contributed by atoms with Crippen molar-refractivity contribution in [3.8, 4) is 0 Å². The maximum Gasteiger partial charge on any atom is 0.0382 e. The molecule has 2 unspecified atom stereocenters. The molecule has 1 aromatic carbocycles. The summed E-state index contributed by atoms with van der Waals surface area (Å²) in [5.41, 5.74) is 7.21. The van der Waals surface area contributed by atoms with Crippen molar-refractivity contribution < 1.29 is 0 Å². The van der Waals surface area contributed by atoms with E-state index in [0.717, 1.165) is 24.5 Å². The van der Waals surface area contributed by atoms with E-state index in [9.17, 15) is 0 Å². The molecular weight excluding hydrogens is 276 g/mol. The van der Waals surface area contributed by atoms with Crippen molar-refractivity contribution >= 4 is 21.6 Å². The second-order valence-corrected chi connectivity index (χ2v) is 6.26. The lowest BCUT2D eigenvalue weighted by molar-refractivity contribution is 0.347. The summed E-state index contributed by atoms with van der Waals surface area (Å²) in [5.74, 6) is 0.746. The highest BCUT2D eigenvalue weighted by Gasteiger charge is 2.40. The number of fused-ring (bicyclic) bond motifs is 2. The Morgan fingerprint density at radius 1 is 1.24 bits per heavy atom. The molecule has 2 aliphatic heterocycles. The third-order valence-corrected chi connectivity index (χ3v) is 4.76. The number of nitrogens with two attached hydrogens (primary N) is 1. The summed E-state index contributed by atoms with van der Waals surface area (Å²) in [6, 6.07) is 10.1. The molecule has 0 amide bonds. The minimum absolute atomic E-state index is 0.719. The molecule has 2 atom stereocenters. The fourth-order valence-electron chi connectivity index (χ4n) is 3.54. The number of halogens is 1. The van der Waals surface area contributed by atoms with E-state index < -0.39 is 0 Å². The number of anilines is 1. The number of benzene rings is 1. The molecule has 3 rings (SSSR count). The van der Waals surface area contributed by atoms with Gasteiger partial charge in [0.1, 0.15) is 0 Å². The van der Waals surface area contributed by atoms with Crippen molar-refractivity contribution in [2.45, 2.75) is 37.8 Å². The predicted octanol–water partition coefficient (Wildman–Crippen LogP) is 3.16. The third kappa shape index (κ3) is 2.11. The van der Waals surface area contributed by atoms with Gasteiger partial charge in [0.15, 0.2) is 0 Å². The van der Waals surface area contributed by atoms with E-state index in [1.807, 2.05) is 0 Å². The first-order valence-corrected chi connectivity index (χ1v) is 7.31. The van der Waals surface area contributed by atoms with Gasteiger partial charge in [-0.15, -0.1) is 0 Å². The van der Waals surface area contributed by atoms with Gasteiger partial charge in [0, 0.05) is 22.2 Å². The van der Waals surface area contributed by atoms with Gasteiger partial charge in [-0.05, 0) is 56.3 Å². The van der Waals surface area contributed by atoms with E-state index in [0.29, 0.717) is 0 Å². The lowest BCUT2D eigenvalue weighted by Crippen LogP contribution is -2.44. The van der Waals surface area contributed by atoms with Crippen LogP contribution < -0.4 is 10.6 Å². The van der Waals surface area contributed by atoms with Gasteiger partial charge in [-0.25, -0.2) is 0 Å². The maximum absolute atomic E-state index is 5.84. The summed E-state index contributed by atoms with van der Waals surface area (Å²) in [6.07, 6.45) is 5.24. The van der Waals surface area contributed by atoms with Crippen LogP contribution in [0.15, 0.2) is 28.7 Å². The van der Waals surface area contributed by atoms with Crippen LogP contribution in [0.1, 0.15) is 25.7 Å². The summed E-state index contributed by atoms with van der Waals surface area (Å²) in [5, 5.41) is 0. The fraction of sp³-hybridized carbons (Fsp3) is 0.571. The van der Waals surface area contributed by atoms with Crippen LogP contribution in [0.5, 0.6) is 0 Å². The summed E-state index contributed by atoms with van der Waals surface area (Å²) < 4.78 is 1.18. The molecule has 0 spiro atoms. The van der Waals surface area contributed by atoms with Crippen molar-refractivity contribution in [2.75, 3.05) is 11.4 Å². The van der Waals surface area contributed by atoms with E-state index in [1.54, 1.807) is 0 Å². The van der Waals surface area contributed by atoms with Crippen molar-refractivity contribution in [3.63, 3.8) is 0 Å². The Bertz CT molecular complexity index is 393. The zero-order valence-corrected chi connectivity index (χ0v) is 11.6. The number of nitrogens with zero attached hydrogens (tertiary/aromatic N) is 1. The van der Waals surface area contributed by atoms with Gasteiger partial charge in [0.25, 0.3) is 0 Å². The van der Waals surface area contributed by atoms with Gasteiger partial charge >= 0.3 is 0 Å². The largest absolute Gasteiger partial charge is 0.366 e. The minimum atomic E-state index is 0.719. The Kier molecular flexibility index (Phi) is 3.14. The zero-order valence-electron chi connectivity index (χ0n) is 9.98. The topological polar surface area (TPSA) is 29.3 Å². The Morgan fingerprint density at radius 2 is 1.94 bits per heavy atom. The van der Waals surface area contributed by atoms with Crippen molar-refractivity contribution in [1.29, 1.82) is 0 Å². The van der Waals surface area contributed by atoms with Gasteiger partial charge < -0.3 is 10.6 Å². The molecule has 1 aromatic rings. The quantitative estimate of drug-likeness (QED) is 0.908. The van der Waals surface area contributed by atoms with Crippen LogP contribution in [0.3, 0.4) is 0 Å². The molecule has 17 heavy (non-hydrogen) atoms. The van der Waals surface area contributed by atoms with Crippen molar-refractivity contribution in [1.82, 2.24) is 0 Å². The van der Waals surface area contributed by atoms with E-state index in [1.165, 1.54) is 35.8 Å². The van der Waals surface area contributed by atoms with Gasteiger partial charge in [0.2, 0.25) is 0 Å². The molecule has 92 valence electrons. The number of hydrogen-bond donors (Lipinski definition) is 1. The highest BCUT2D eigenvalue weighted by Crippen LogP contribution is 2.41. The molecule has 0 radical (unpaired) electrons. The molecule has 0 aromatic heterocycles. The fourth-order valence-corrected chi connectivity index (χ4v) is 3.93. The van der Waals surface area contributed by atoms with E-state index >= 15 is 0 Å². The Balaban J connectivity index is 1.86. The number of hydrogen-bond acceptors (Lipinski definition) is 2. The van der Waals surface area contributed by atoms with Crippen LogP contribution in [0, 0.1) is 5.92 Å². The van der Waals surface area contributed by atoms with Crippen LogP contribution in [0.25, 0.3) is 0 Å². The Labute approximate surface area is 111 Å². The monoisotopic (exact) mass is 294 g/mol. The zero-order chi connectivity index (χ0) is 11.8. The van der Waals surface area contributed by atoms with Crippen LogP contribution in [-0.4, -0.2) is 18.6 Å². The minimum Gasteiger partial charge on any atom is -0.366 e. The molecule has 0 aliphatic carbocycles. The standard InChI is InChI=1S/C14H19BrN2/c15-11-2-1-3-12(8-11)17-13-4-5-14(17)7-10(6-13)9-16/h1-3,8,10,13-14H,4-7,9,16H2. The Morgan fingerprint density at radius 3 is 2.53 bits per heavy atom. The second kappa shape index (κ2) is 4.62. The molecule has 2 saturated heterocycles. The number of piperidine rings is 1. The lowest BCUT2D eigenvalue weighted by Gasteiger charge is -2.40. The van der Waals surface area contributed by atoms with E-state index in [4.69, 9.17) is 5.73 Å². The second-order valence-electron chi connectivity index (χ2n) is 5.35. The first-order valence-electron chi connectivity index (χ1n) is 6.52. The van der Waals surface area contributed by atoms with E-state index in [2.05, 4.69) is 45.1 Å². The van der Waals surface area contributed by atoms with E-state index in [-0.39, 0.29) is 0 Å². The summed E-state index contributed by atoms with van der Waals surface area (Å²) in [6.45, 7) is 0.860. The molecule has 2 bridgehead atoms. The highest BCUT2D eigenvalue weighted by molar-refractivity contribution is 9.10. The van der Waals surface area contributed by atoms with Crippen LogP contribution >= 0.6 is 15.9 Å². The van der Waals surface area contributed by atoms with Gasteiger partial charge in [-0.3, -0.25) is 0 Å². The van der Waals surface area contributed by atoms with Crippen LogP contribution in [0.4, 0.5) is 5.69 Å². The molecule has 3 heteroatoms. The summed E-state index contributed by atoms with van der Waals surface area (Å²) in [4.78, 5) is 2.64. The molecule has 0 saturated carbocycles. The average Bonchev–Trinajstić information content (AvgIpc) is 2.60. The van der Waals surface area contributed by atoms with Crippen molar-refractivity contribution in [2.24, 2.45) is 11.7 Å². The number of rotatable bonds is 2. The van der Waals surface area contributed by atoms with Crippen molar-refractivity contribution in [3.05, 3.63) is 28.7 Å². The molecule has 2 N–H and O–H groups in total. The SMILES string of the molecule is NCC1CC2CCC(C1)N2c1cccc(Br)c1. The maximum atomic E-state index is 5.84. The first-order chi connectivity index (χ1) is 8.28. The van der Waals surface area contributed by atoms with Gasteiger partial charge in [-0.1, -0.05) is 22.0 Å². The molecule has 2 fully saturated rings.